The van der Waals surface area contributed by atoms with Gasteiger partial charge in [0.05, 0.1) is 11.6 Å². The van der Waals surface area contributed by atoms with Crippen molar-refractivity contribution in [1.29, 1.82) is 0 Å². The Kier molecular flexibility index (Phi) is 4.41. The molecule has 1 aromatic carbocycles. The molecule has 2 aromatic rings. The summed E-state index contributed by atoms with van der Waals surface area (Å²) in [5, 5.41) is 3.46. The van der Waals surface area contributed by atoms with Crippen LogP contribution >= 0.6 is 15.9 Å². The zero-order chi connectivity index (χ0) is 14.7. The number of pyridine rings is 1. The van der Waals surface area contributed by atoms with E-state index in [9.17, 15) is 0 Å². The minimum Gasteiger partial charge on any atom is -0.497 e. The zero-order valence-corrected chi connectivity index (χ0v) is 13.4. The van der Waals surface area contributed by atoms with E-state index in [4.69, 9.17) is 9.47 Å². The molecule has 1 heterocycles. The Morgan fingerprint density at radius 1 is 1.29 bits per heavy atom. The van der Waals surface area contributed by atoms with Crippen molar-refractivity contribution in [2.45, 2.75) is 25.4 Å². The highest BCUT2D eigenvalue weighted by Crippen LogP contribution is 2.32. The van der Waals surface area contributed by atoms with Gasteiger partial charge in [0.25, 0.3) is 0 Å². The van der Waals surface area contributed by atoms with E-state index in [1.807, 2.05) is 36.5 Å². The van der Waals surface area contributed by atoms with Crippen LogP contribution in [0.15, 0.2) is 41.0 Å². The first-order chi connectivity index (χ1) is 10.2. The topological polar surface area (TPSA) is 43.4 Å². The molecule has 21 heavy (non-hydrogen) atoms. The summed E-state index contributed by atoms with van der Waals surface area (Å²) in [7, 11) is 1.64. The van der Waals surface area contributed by atoms with E-state index in [0.717, 1.165) is 16.8 Å². The molecular formula is C16H17BrN2O2. The van der Waals surface area contributed by atoms with Crippen LogP contribution in [-0.4, -0.2) is 18.1 Å². The van der Waals surface area contributed by atoms with Crippen molar-refractivity contribution in [1.82, 2.24) is 10.3 Å². The first-order valence-electron chi connectivity index (χ1n) is 6.94. The second kappa shape index (κ2) is 6.45. The van der Waals surface area contributed by atoms with Gasteiger partial charge >= 0.3 is 0 Å². The molecule has 0 amide bonds. The van der Waals surface area contributed by atoms with E-state index in [0.29, 0.717) is 17.7 Å². The number of hydrogen-bond donors (Lipinski definition) is 1. The fourth-order valence-electron chi connectivity index (χ4n) is 1.93. The molecule has 3 rings (SSSR count). The molecule has 0 spiro atoms. The van der Waals surface area contributed by atoms with Crippen LogP contribution in [-0.2, 0) is 6.54 Å². The number of hydrogen-bond acceptors (Lipinski definition) is 4. The molecule has 0 bridgehead atoms. The third-order valence-electron chi connectivity index (χ3n) is 3.32. The van der Waals surface area contributed by atoms with E-state index in [1.165, 1.54) is 18.4 Å². The Bertz CT molecular complexity index is 612. The van der Waals surface area contributed by atoms with Crippen LogP contribution in [0.5, 0.6) is 17.4 Å². The van der Waals surface area contributed by atoms with Gasteiger partial charge in [0.2, 0.25) is 5.88 Å². The number of benzene rings is 1. The second-order valence-electron chi connectivity index (χ2n) is 5.06. The summed E-state index contributed by atoms with van der Waals surface area (Å²) < 4.78 is 11.8. The first-order valence-corrected chi connectivity index (χ1v) is 7.73. The lowest BCUT2D eigenvalue weighted by molar-refractivity contribution is 0.411. The summed E-state index contributed by atoms with van der Waals surface area (Å²) in [6.07, 6.45) is 4.43. The van der Waals surface area contributed by atoms with Crippen molar-refractivity contribution in [3.05, 3.63) is 46.6 Å². The second-order valence-corrected chi connectivity index (χ2v) is 5.91. The molecule has 1 saturated carbocycles. The van der Waals surface area contributed by atoms with E-state index in [1.54, 1.807) is 7.11 Å². The summed E-state index contributed by atoms with van der Waals surface area (Å²) in [4.78, 5) is 4.34. The predicted molar refractivity (Wildman–Crippen MR) is 84.9 cm³/mol. The number of nitrogens with zero attached hydrogens (tertiary/aromatic N) is 1. The van der Waals surface area contributed by atoms with Crippen molar-refractivity contribution < 1.29 is 9.47 Å². The molecule has 5 heteroatoms. The summed E-state index contributed by atoms with van der Waals surface area (Å²) in [6, 6.07) is 10.2. The Labute approximate surface area is 132 Å². The lowest BCUT2D eigenvalue weighted by Crippen LogP contribution is -2.15. The number of aromatic nitrogens is 1. The molecule has 0 radical (unpaired) electrons. The minimum absolute atomic E-state index is 0.580. The van der Waals surface area contributed by atoms with Crippen LogP contribution in [0.3, 0.4) is 0 Å². The van der Waals surface area contributed by atoms with Crippen molar-refractivity contribution in [3.8, 4) is 17.4 Å². The van der Waals surface area contributed by atoms with Crippen molar-refractivity contribution in [3.63, 3.8) is 0 Å². The van der Waals surface area contributed by atoms with Gasteiger partial charge < -0.3 is 14.8 Å². The third-order valence-corrected chi connectivity index (χ3v) is 3.94. The van der Waals surface area contributed by atoms with Crippen LogP contribution in [0.2, 0.25) is 0 Å². The predicted octanol–water partition coefficient (Wildman–Crippen LogP) is 3.90. The molecule has 0 unspecified atom stereocenters. The normalized spacial score (nSPS) is 14.0. The lowest BCUT2D eigenvalue weighted by atomic mass is 10.3. The quantitative estimate of drug-likeness (QED) is 0.859. The monoisotopic (exact) mass is 348 g/mol. The average molecular weight is 349 g/mol. The molecule has 4 nitrogen and oxygen atoms in total. The first kappa shape index (κ1) is 14.4. The maximum atomic E-state index is 5.77. The molecule has 0 atom stereocenters. The van der Waals surface area contributed by atoms with Gasteiger partial charge in [0.15, 0.2) is 0 Å². The molecule has 1 aromatic heterocycles. The summed E-state index contributed by atoms with van der Waals surface area (Å²) in [6.45, 7) is 0.865. The zero-order valence-electron chi connectivity index (χ0n) is 11.8. The van der Waals surface area contributed by atoms with E-state index >= 15 is 0 Å². The third kappa shape index (κ3) is 3.95. The standard InChI is InChI=1S/C16H17BrN2O2/c1-20-13-5-6-15(14(17)8-13)21-16-7-2-11(10-19-16)9-18-12-3-4-12/h2,5-8,10,12,18H,3-4,9H2,1H3. The van der Waals surface area contributed by atoms with Crippen molar-refractivity contribution >= 4 is 15.9 Å². The number of methoxy groups -OCH3 is 1. The number of rotatable bonds is 6. The van der Waals surface area contributed by atoms with Crippen LogP contribution in [0.4, 0.5) is 0 Å². The van der Waals surface area contributed by atoms with Gasteiger partial charge in [-0.15, -0.1) is 0 Å². The van der Waals surface area contributed by atoms with Crippen LogP contribution in [0, 0.1) is 0 Å². The molecule has 0 saturated heterocycles. The van der Waals surface area contributed by atoms with Gasteiger partial charge in [-0.05, 0) is 52.5 Å². The Balaban J connectivity index is 1.63. The van der Waals surface area contributed by atoms with Crippen LogP contribution < -0.4 is 14.8 Å². The highest BCUT2D eigenvalue weighted by Gasteiger charge is 2.19. The highest BCUT2D eigenvalue weighted by atomic mass is 79.9. The molecule has 1 fully saturated rings. The molecule has 110 valence electrons. The average Bonchev–Trinajstić information content (AvgIpc) is 3.33. The number of ether oxygens (including phenoxy) is 2. The van der Waals surface area contributed by atoms with Gasteiger partial charge in [0.1, 0.15) is 11.5 Å². The molecule has 1 aliphatic carbocycles. The molecular weight excluding hydrogens is 332 g/mol. The minimum atomic E-state index is 0.580. The van der Waals surface area contributed by atoms with Gasteiger partial charge in [0, 0.05) is 24.8 Å². The Morgan fingerprint density at radius 3 is 2.76 bits per heavy atom. The van der Waals surface area contributed by atoms with Crippen molar-refractivity contribution in [2.24, 2.45) is 0 Å². The number of halogens is 1. The van der Waals surface area contributed by atoms with E-state index in [-0.39, 0.29) is 0 Å². The highest BCUT2D eigenvalue weighted by molar-refractivity contribution is 9.10. The molecule has 1 aliphatic rings. The van der Waals surface area contributed by atoms with Gasteiger partial charge in [-0.25, -0.2) is 4.98 Å². The summed E-state index contributed by atoms with van der Waals surface area (Å²) >= 11 is 3.46. The fourth-order valence-corrected chi connectivity index (χ4v) is 2.37. The Morgan fingerprint density at radius 2 is 2.14 bits per heavy atom. The summed E-state index contributed by atoms with van der Waals surface area (Å²) in [5.74, 6) is 2.08. The largest absolute Gasteiger partial charge is 0.497 e. The molecule has 0 aliphatic heterocycles. The Hall–Kier alpha value is -1.59. The molecule has 1 N–H and O–H groups in total. The van der Waals surface area contributed by atoms with E-state index in [2.05, 4.69) is 26.2 Å². The number of nitrogens with one attached hydrogen (secondary N) is 1. The summed E-state index contributed by atoms with van der Waals surface area (Å²) in [5.41, 5.74) is 1.17. The van der Waals surface area contributed by atoms with Gasteiger partial charge in [-0.3, -0.25) is 0 Å². The van der Waals surface area contributed by atoms with Crippen molar-refractivity contribution in [2.75, 3.05) is 7.11 Å². The smallest absolute Gasteiger partial charge is 0.219 e. The lowest BCUT2D eigenvalue weighted by Gasteiger charge is -2.09. The maximum absolute atomic E-state index is 5.77. The van der Waals surface area contributed by atoms with E-state index < -0.39 is 0 Å². The SMILES string of the molecule is COc1ccc(Oc2ccc(CNC3CC3)cn2)c(Br)c1. The van der Waals surface area contributed by atoms with Gasteiger partial charge in [-0.1, -0.05) is 6.07 Å². The van der Waals surface area contributed by atoms with Gasteiger partial charge in [-0.2, -0.15) is 0 Å². The fraction of sp³-hybridized carbons (Fsp3) is 0.312. The maximum Gasteiger partial charge on any atom is 0.219 e. The van der Waals surface area contributed by atoms with Crippen LogP contribution in [0.25, 0.3) is 0 Å². The van der Waals surface area contributed by atoms with Crippen LogP contribution in [0.1, 0.15) is 18.4 Å².